The van der Waals surface area contributed by atoms with E-state index >= 15 is 0 Å². The molecule has 25 heavy (non-hydrogen) atoms. The summed E-state index contributed by atoms with van der Waals surface area (Å²) in [7, 11) is 0. The van der Waals surface area contributed by atoms with Crippen molar-refractivity contribution >= 4 is 17.2 Å². The number of fused-ring (bicyclic) bond motifs is 1. The van der Waals surface area contributed by atoms with E-state index in [4.69, 9.17) is 17.0 Å². The first-order valence-corrected chi connectivity index (χ1v) is 7.80. The average molecular weight is 334 g/mol. The van der Waals surface area contributed by atoms with E-state index in [2.05, 4.69) is 21.2 Å². The van der Waals surface area contributed by atoms with E-state index in [9.17, 15) is 0 Å². The summed E-state index contributed by atoms with van der Waals surface area (Å²) in [4.78, 5) is 4.51. The molecule has 0 bridgehead atoms. The summed E-state index contributed by atoms with van der Waals surface area (Å²) in [6.45, 7) is 0.525. The number of anilines is 3. The second-order valence-electron chi connectivity index (χ2n) is 5.67. The molecule has 4 rings (SSSR count). The Hall–Kier alpha value is -3.52. The van der Waals surface area contributed by atoms with Crippen LogP contribution in [0.15, 0.2) is 48.5 Å². The molecule has 8 heteroatoms. The molecule has 0 fully saturated rings. The molecule has 2 heterocycles. The number of benzene rings is 2. The van der Waals surface area contributed by atoms with Crippen LogP contribution >= 0.6 is 0 Å². The third-order valence-corrected chi connectivity index (χ3v) is 4.16. The molecule has 0 amide bonds. The molecule has 2 aromatic carbocycles. The predicted molar refractivity (Wildman–Crippen MR) is 99.0 cm³/mol. The Bertz CT molecular complexity index is 994. The lowest BCUT2D eigenvalue weighted by atomic mass is 9.98. The van der Waals surface area contributed by atoms with Gasteiger partial charge in [0, 0.05) is 5.56 Å². The fourth-order valence-electron chi connectivity index (χ4n) is 2.99. The van der Waals surface area contributed by atoms with Gasteiger partial charge in [0.25, 0.3) is 0 Å². The van der Waals surface area contributed by atoms with Crippen LogP contribution in [-0.2, 0) is 0 Å². The highest BCUT2D eigenvalue weighted by Crippen LogP contribution is 2.37. The average Bonchev–Trinajstić information content (AvgIpc) is 3.12. The number of hydrogen-bond acceptors (Lipinski definition) is 7. The highest BCUT2D eigenvalue weighted by molar-refractivity contribution is 5.91. The molecule has 0 radical (unpaired) electrons. The van der Waals surface area contributed by atoms with Gasteiger partial charge in [-0.2, -0.15) is 0 Å². The lowest BCUT2D eigenvalue weighted by Gasteiger charge is -2.16. The summed E-state index contributed by atoms with van der Waals surface area (Å²) >= 11 is 0. The van der Waals surface area contributed by atoms with E-state index in [1.165, 1.54) is 0 Å². The molecular formula is C17H18N8. The molecule has 0 atom stereocenters. The van der Waals surface area contributed by atoms with Crippen molar-refractivity contribution in [3.05, 3.63) is 54.1 Å². The first kappa shape index (κ1) is 15.0. The van der Waals surface area contributed by atoms with E-state index in [0.29, 0.717) is 18.0 Å². The summed E-state index contributed by atoms with van der Waals surface area (Å²) in [5.74, 6) is 6.26. The van der Waals surface area contributed by atoms with E-state index in [1.54, 1.807) is 4.68 Å². The molecule has 0 saturated carbocycles. The molecule has 0 unspecified atom stereocenters. The Morgan fingerprint density at radius 1 is 1.12 bits per heavy atom. The number of nitrogens with zero attached hydrogens (tertiary/aromatic N) is 2. The van der Waals surface area contributed by atoms with E-state index in [1.807, 2.05) is 48.5 Å². The van der Waals surface area contributed by atoms with Gasteiger partial charge < -0.3 is 21.9 Å². The van der Waals surface area contributed by atoms with Crippen LogP contribution in [0.1, 0.15) is 0 Å². The monoisotopic (exact) mass is 334 g/mol. The predicted octanol–water partition coefficient (Wildman–Crippen LogP) is 1.49. The van der Waals surface area contributed by atoms with Crippen molar-refractivity contribution < 1.29 is 0 Å². The highest BCUT2D eigenvalue weighted by atomic mass is 15.5. The third-order valence-electron chi connectivity index (χ3n) is 4.16. The lowest BCUT2D eigenvalue weighted by molar-refractivity contribution is 0.809. The van der Waals surface area contributed by atoms with Crippen molar-refractivity contribution in [2.24, 2.45) is 5.84 Å². The molecule has 1 aliphatic rings. The first-order valence-electron chi connectivity index (χ1n) is 7.80. The lowest BCUT2D eigenvalue weighted by Crippen LogP contribution is -2.27. The zero-order chi connectivity index (χ0) is 17.4. The fourth-order valence-corrected chi connectivity index (χ4v) is 2.99. The number of nitrogen functional groups attached to an aromatic ring is 2. The molecule has 0 aliphatic carbocycles. The van der Waals surface area contributed by atoms with Crippen LogP contribution in [0.25, 0.3) is 22.4 Å². The van der Waals surface area contributed by atoms with Crippen LogP contribution in [0.3, 0.4) is 0 Å². The Morgan fingerprint density at radius 2 is 1.92 bits per heavy atom. The Morgan fingerprint density at radius 3 is 2.64 bits per heavy atom. The largest absolute Gasteiger partial charge is 0.397 e. The molecule has 8 N–H and O–H groups in total. The van der Waals surface area contributed by atoms with Crippen LogP contribution in [0.5, 0.6) is 0 Å². The molecule has 0 saturated heterocycles. The van der Waals surface area contributed by atoms with E-state index in [0.717, 1.165) is 28.2 Å². The molecule has 126 valence electrons. The SMILES string of the molecule is N=c1nc(-c2ccccc2)c(-c2ccc(NN)c(N)c2)c2n1NCN2. The number of hydrogen-bond donors (Lipinski definition) is 6. The summed E-state index contributed by atoms with van der Waals surface area (Å²) in [5.41, 5.74) is 16.5. The molecule has 0 spiro atoms. The number of nitrogens with two attached hydrogens (primary N) is 2. The maximum Gasteiger partial charge on any atom is 0.243 e. The van der Waals surface area contributed by atoms with Gasteiger partial charge in [0.1, 0.15) is 12.5 Å². The van der Waals surface area contributed by atoms with Crippen molar-refractivity contribution in [2.75, 3.05) is 28.6 Å². The van der Waals surface area contributed by atoms with Crippen molar-refractivity contribution in [3.8, 4) is 22.4 Å². The fraction of sp³-hybridized carbons (Fsp3) is 0.0588. The van der Waals surface area contributed by atoms with Gasteiger partial charge in [0.2, 0.25) is 5.62 Å². The molecule has 1 aliphatic heterocycles. The Kier molecular flexibility index (Phi) is 3.51. The zero-order valence-electron chi connectivity index (χ0n) is 13.4. The second-order valence-corrected chi connectivity index (χ2v) is 5.67. The summed E-state index contributed by atoms with van der Waals surface area (Å²) < 4.78 is 1.63. The Balaban J connectivity index is 2.02. The van der Waals surface area contributed by atoms with Crippen LogP contribution < -0.4 is 33.4 Å². The van der Waals surface area contributed by atoms with Crippen molar-refractivity contribution in [3.63, 3.8) is 0 Å². The van der Waals surface area contributed by atoms with Crippen molar-refractivity contribution in [1.82, 2.24) is 9.66 Å². The van der Waals surface area contributed by atoms with Gasteiger partial charge in [-0.1, -0.05) is 36.4 Å². The van der Waals surface area contributed by atoms with Crippen LogP contribution in [-0.4, -0.2) is 16.3 Å². The third kappa shape index (κ3) is 2.45. The topological polar surface area (TPSA) is 130 Å². The zero-order valence-corrected chi connectivity index (χ0v) is 13.4. The number of nitrogens with one attached hydrogen (secondary N) is 4. The van der Waals surface area contributed by atoms with E-state index < -0.39 is 0 Å². The van der Waals surface area contributed by atoms with Gasteiger partial charge in [-0.15, -0.1) is 0 Å². The number of aromatic nitrogens is 2. The molecular weight excluding hydrogens is 316 g/mol. The standard InChI is InChI=1S/C17H18N8/c18-12-8-11(6-7-13(12)24-20)14-15(10-4-2-1-3-5-10)23-17(19)25-16(14)21-9-22-25/h1-8,19,21-22,24H,9,18,20H2. The summed E-state index contributed by atoms with van der Waals surface area (Å²) in [6, 6.07) is 15.4. The maximum atomic E-state index is 8.21. The van der Waals surface area contributed by atoms with Crippen molar-refractivity contribution in [1.29, 1.82) is 5.41 Å². The van der Waals surface area contributed by atoms with Crippen LogP contribution in [0, 0.1) is 5.41 Å². The minimum absolute atomic E-state index is 0.135. The van der Waals surface area contributed by atoms with Crippen LogP contribution in [0.2, 0.25) is 0 Å². The van der Waals surface area contributed by atoms with Crippen molar-refractivity contribution in [2.45, 2.75) is 0 Å². The smallest absolute Gasteiger partial charge is 0.243 e. The van der Waals surface area contributed by atoms with E-state index in [-0.39, 0.29) is 5.62 Å². The van der Waals surface area contributed by atoms with Gasteiger partial charge in [-0.25, -0.2) is 9.66 Å². The quantitative estimate of drug-likeness (QED) is 0.244. The van der Waals surface area contributed by atoms with Gasteiger partial charge in [0.15, 0.2) is 0 Å². The van der Waals surface area contributed by atoms with Crippen LogP contribution in [0.4, 0.5) is 17.2 Å². The minimum Gasteiger partial charge on any atom is -0.397 e. The minimum atomic E-state index is 0.135. The second kappa shape index (κ2) is 5.84. The maximum absolute atomic E-state index is 8.21. The van der Waals surface area contributed by atoms with Gasteiger partial charge >= 0.3 is 0 Å². The molecule has 3 aromatic rings. The molecule has 1 aromatic heterocycles. The van der Waals surface area contributed by atoms with Gasteiger partial charge in [0.05, 0.1) is 22.6 Å². The Labute approximate surface area is 144 Å². The number of rotatable bonds is 3. The number of hydrazine groups is 1. The van der Waals surface area contributed by atoms with Gasteiger partial charge in [-0.05, 0) is 17.7 Å². The normalized spacial score (nSPS) is 12.2. The molecule has 8 nitrogen and oxygen atoms in total. The summed E-state index contributed by atoms with van der Waals surface area (Å²) in [6.07, 6.45) is 0. The first-order chi connectivity index (χ1) is 12.2. The van der Waals surface area contributed by atoms with Gasteiger partial charge in [-0.3, -0.25) is 11.3 Å². The highest BCUT2D eigenvalue weighted by Gasteiger charge is 2.22. The summed E-state index contributed by atoms with van der Waals surface area (Å²) in [5, 5.41) is 11.5.